The summed E-state index contributed by atoms with van der Waals surface area (Å²) in [5.74, 6) is 1.79. The van der Waals surface area contributed by atoms with Gasteiger partial charge in [0.25, 0.3) is 0 Å². The molecule has 0 saturated carbocycles. The third-order valence-electron chi connectivity index (χ3n) is 6.80. The van der Waals surface area contributed by atoms with Crippen molar-refractivity contribution in [2.75, 3.05) is 4.90 Å². The molecular weight excluding hydrogens is 426 g/mol. The van der Waals surface area contributed by atoms with Crippen molar-refractivity contribution < 1.29 is 4.74 Å². The summed E-state index contributed by atoms with van der Waals surface area (Å²) in [6.45, 7) is 6.65. The van der Waals surface area contributed by atoms with Crippen LogP contribution in [0.1, 0.15) is 23.1 Å². The minimum atomic E-state index is 0.867. The van der Waals surface area contributed by atoms with E-state index in [0.717, 1.165) is 46.9 Å². The molecule has 35 heavy (non-hydrogen) atoms. The van der Waals surface area contributed by atoms with E-state index >= 15 is 0 Å². The second-order valence-corrected chi connectivity index (χ2v) is 9.17. The maximum absolute atomic E-state index is 6.50. The van der Waals surface area contributed by atoms with Crippen molar-refractivity contribution in [3.8, 4) is 16.9 Å². The second kappa shape index (κ2) is 8.81. The van der Waals surface area contributed by atoms with Crippen LogP contribution in [0.15, 0.2) is 127 Å². The molecule has 0 fully saturated rings. The molecular formula is C33H27NO. The molecule has 2 nitrogen and oxygen atoms in total. The number of para-hydroxylation sites is 2. The molecule has 4 aromatic rings. The highest BCUT2D eigenvalue weighted by Crippen LogP contribution is 2.42. The molecule has 2 heteroatoms. The number of anilines is 2. The fourth-order valence-corrected chi connectivity index (χ4v) is 4.97. The van der Waals surface area contributed by atoms with Gasteiger partial charge in [0.2, 0.25) is 0 Å². The molecule has 0 aliphatic carbocycles. The lowest BCUT2D eigenvalue weighted by Crippen LogP contribution is -2.14. The van der Waals surface area contributed by atoms with Crippen LogP contribution in [0.2, 0.25) is 0 Å². The minimum Gasteiger partial charge on any atom is -0.456 e. The summed E-state index contributed by atoms with van der Waals surface area (Å²) < 4.78 is 6.50. The summed E-state index contributed by atoms with van der Waals surface area (Å²) in [5, 5.41) is 0. The maximum Gasteiger partial charge on any atom is 0.137 e. The van der Waals surface area contributed by atoms with Gasteiger partial charge < -0.3 is 9.64 Å². The Hall–Kier alpha value is -4.30. The largest absolute Gasteiger partial charge is 0.456 e. The second-order valence-electron chi connectivity index (χ2n) is 9.17. The fourth-order valence-electron chi connectivity index (χ4n) is 4.97. The van der Waals surface area contributed by atoms with Crippen molar-refractivity contribution in [2.45, 2.75) is 19.8 Å². The zero-order chi connectivity index (χ0) is 23.8. The van der Waals surface area contributed by atoms with Gasteiger partial charge in [0, 0.05) is 23.0 Å². The molecule has 0 atom stereocenters. The first-order valence-corrected chi connectivity index (χ1v) is 12.1. The Morgan fingerprint density at radius 2 is 1.54 bits per heavy atom. The number of hydrogen-bond donors (Lipinski definition) is 0. The Labute approximate surface area is 207 Å². The molecule has 6 rings (SSSR count). The SMILES string of the molecule is C=C1C2=C(/C=C\N(c3cccc(-c4cccc(C)c4)c3)c3ccccc31)CCc1ccccc1O2. The standard InChI is InChI=1S/C33H27NO/c1-23-9-7-11-27(21-23)28-12-8-13-29(22-28)34-20-19-26-18-17-25-10-3-6-16-32(25)35-33(26)24(2)30-14-4-5-15-31(30)34/h3-16,19-22H,2,17-18H2,1H3/b20-19-. The van der Waals surface area contributed by atoms with Crippen LogP contribution in [-0.2, 0) is 6.42 Å². The Kier molecular flexibility index (Phi) is 5.35. The van der Waals surface area contributed by atoms with Gasteiger partial charge in [-0.1, -0.05) is 84.9 Å². The Morgan fingerprint density at radius 3 is 2.43 bits per heavy atom. The van der Waals surface area contributed by atoms with Gasteiger partial charge in [0.05, 0.1) is 5.69 Å². The molecule has 4 aromatic carbocycles. The quantitative estimate of drug-likeness (QED) is 0.301. The number of allylic oxidation sites excluding steroid dienone is 3. The minimum absolute atomic E-state index is 0.867. The number of fused-ring (bicyclic) bond motifs is 2. The first kappa shape index (κ1) is 21.2. The molecule has 0 radical (unpaired) electrons. The summed E-state index contributed by atoms with van der Waals surface area (Å²) >= 11 is 0. The van der Waals surface area contributed by atoms with Crippen molar-refractivity contribution in [3.05, 3.63) is 144 Å². The molecule has 0 saturated heterocycles. The highest BCUT2D eigenvalue weighted by Gasteiger charge is 2.24. The lowest BCUT2D eigenvalue weighted by atomic mass is 9.95. The molecule has 2 heterocycles. The zero-order valence-corrected chi connectivity index (χ0v) is 19.9. The third kappa shape index (κ3) is 3.98. The summed E-state index contributed by atoms with van der Waals surface area (Å²) in [7, 11) is 0. The van der Waals surface area contributed by atoms with Gasteiger partial charge in [-0.05, 0) is 72.4 Å². The summed E-state index contributed by atoms with van der Waals surface area (Å²) in [6.07, 6.45) is 6.22. The number of ether oxygens (including phenoxy) is 1. The first-order chi connectivity index (χ1) is 17.2. The van der Waals surface area contributed by atoms with E-state index in [0.29, 0.717) is 0 Å². The van der Waals surface area contributed by atoms with E-state index in [2.05, 4.69) is 122 Å². The van der Waals surface area contributed by atoms with Gasteiger partial charge in [-0.15, -0.1) is 0 Å². The van der Waals surface area contributed by atoms with Crippen LogP contribution in [0.5, 0.6) is 5.75 Å². The van der Waals surface area contributed by atoms with Gasteiger partial charge in [-0.25, -0.2) is 0 Å². The van der Waals surface area contributed by atoms with E-state index in [1.807, 2.05) is 6.07 Å². The average molecular weight is 454 g/mol. The van der Waals surface area contributed by atoms with Crippen molar-refractivity contribution in [1.82, 2.24) is 0 Å². The van der Waals surface area contributed by atoms with Crippen LogP contribution in [0.25, 0.3) is 16.7 Å². The number of hydrogen-bond acceptors (Lipinski definition) is 2. The van der Waals surface area contributed by atoms with E-state index in [1.54, 1.807) is 0 Å². The van der Waals surface area contributed by atoms with E-state index in [-0.39, 0.29) is 0 Å². The molecule has 0 N–H and O–H groups in total. The normalized spacial score (nSPS) is 15.7. The predicted octanol–water partition coefficient (Wildman–Crippen LogP) is 8.62. The van der Waals surface area contributed by atoms with Crippen LogP contribution in [0, 0.1) is 6.92 Å². The first-order valence-electron chi connectivity index (χ1n) is 12.1. The van der Waals surface area contributed by atoms with Crippen LogP contribution in [0.4, 0.5) is 11.4 Å². The molecule has 170 valence electrons. The average Bonchev–Trinajstić information content (AvgIpc) is 3.08. The zero-order valence-electron chi connectivity index (χ0n) is 19.9. The highest BCUT2D eigenvalue weighted by atomic mass is 16.5. The molecule has 2 aliphatic heterocycles. The molecule has 0 aromatic heterocycles. The Bertz CT molecular complexity index is 1510. The monoisotopic (exact) mass is 453 g/mol. The molecule has 0 spiro atoms. The van der Waals surface area contributed by atoms with Gasteiger partial charge in [0.15, 0.2) is 0 Å². The molecule has 0 amide bonds. The van der Waals surface area contributed by atoms with E-state index in [4.69, 9.17) is 4.74 Å². The van der Waals surface area contributed by atoms with Crippen LogP contribution in [-0.4, -0.2) is 0 Å². The van der Waals surface area contributed by atoms with Gasteiger partial charge in [-0.2, -0.15) is 0 Å². The molecule has 2 aliphatic rings. The van der Waals surface area contributed by atoms with Crippen molar-refractivity contribution in [2.24, 2.45) is 0 Å². The van der Waals surface area contributed by atoms with E-state index in [9.17, 15) is 0 Å². The summed E-state index contributed by atoms with van der Waals surface area (Å²) in [6, 6.07) is 34.1. The molecule has 0 unspecified atom stereocenters. The topological polar surface area (TPSA) is 12.5 Å². The Balaban J connectivity index is 1.47. The van der Waals surface area contributed by atoms with Crippen molar-refractivity contribution in [3.63, 3.8) is 0 Å². The molecule has 0 bridgehead atoms. The van der Waals surface area contributed by atoms with Crippen LogP contribution < -0.4 is 9.64 Å². The summed E-state index contributed by atoms with van der Waals surface area (Å²) in [4.78, 5) is 2.27. The predicted molar refractivity (Wildman–Crippen MR) is 146 cm³/mol. The lowest BCUT2D eigenvalue weighted by Gasteiger charge is -2.28. The Morgan fingerprint density at radius 1 is 0.771 bits per heavy atom. The number of nitrogens with zero attached hydrogens (tertiary/aromatic N) is 1. The number of benzene rings is 4. The van der Waals surface area contributed by atoms with E-state index < -0.39 is 0 Å². The summed E-state index contributed by atoms with van der Waals surface area (Å²) in [5.41, 5.74) is 10.3. The maximum atomic E-state index is 6.50. The van der Waals surface area contributed by atoms with E-state index in [1.165, 1.54) is 27.8 Å². The van der Waals surface area contributed by atoms with Gasteiger partial charge in [0.1, 0.15) is 11.5 Å². The van der Waals surface area contributed by atoms with Crippen molar-refractivity contribution in [1.29, 1.82) is 0 Å². The lowest BCUT2D eigenvalue weighted by molar-refractivity contribution is 0.445. The smallest absolute Gasteiger partial charge is 0.137 e. The van der Waals surface area contributed by atoms with Crippen LogP contribution in [0.3, 0.4) is 0 Å². The number of rotatable bonds is 2. The highest BCUT2D eigenvalue weighted by molar-refractivity contribution is 5.89. The van der Waals surface area contributed by atoms with Crippen LogP contribution >= 0.6 is 0 Å². The van der Waals surface area contributed by atoms with Crippen molar-refractivity contribution >= 4 is 16.9 Å². The number of aryl methyl sites for hydroxylation is 2. The third-order valence-corrected chi connectivity index (χ3v) is 6.80. The van der Waals surface area contributed by atoms with Gasteiger partial charge >= 0.3 is 0 Å². The fraction of sp³-hybridized carbons (Fsp3) is 0.0909. The van der Waals surface area contributed by atoms with Gasteiger partial charge in [-0.3, -0.25) is 0 Å².